The molecule has 0 amide bonds. The first-order chi connectivity index (χ1) is 14.4. The van der Waals surface area contributed by atoms with E-state index in [0.717, 1.165) is 41.3 Å². The Bertz CT molecular complexity index is 1060. The number of hydrogen-bond donors (Lipinski definition) is 1. The highest BCUT2D eigenvalue weighted by atomic mass is 19.4. The van der Waals surface area contributed by atoms with Crippen molar-refractivity contribution in [3.63, 3.8) is 0 Å². The fourth-order valence-corrected chi connectivity index (χ4v) is 4.45. The highest BCUT2D eigenvalue weighted by Crippen LogP contribution is 2.39. The molecule has 0 saturated carbocycles. The van der Waals surface area contributed by atoms with Crippen LogP contribution in [0.25, 0.3) is 10.8 Å². The van der Waals surface area contributed by atoms with Gasteiger partial charge < -0.3 is 5.11 Å². The topological polar surface area (TPSA) is 40.5 Å². The molecule has 3 aromatic rings. The molecule has 0 bridgehead atoms. The normalized spacial score (nSPS) is 19.0. The summed E-state index contributed by atoms with van der Waals surface area (Å²) in [5.41, 5.74) is 0.545. The van der Waals surface area contributed by atoms with Crippen molar-refractivity contribution in [2.24, 2.45) is 0 Å². The van der Waals surface area contributed by atoms with Gasteiger partial charge in [0.15, 0.2) is 0 Å². The zero-order valence-electron chi connectivity index (χ0n) is 16.3. The molecule has 0 aliphatic carbocycles. The number of carboxylic acids is 1. The molecule has 30 heavy (non-hydrogen) atoms. The van der Waals surface area contributed by atoms with Crippen LogP contribution in [0.15, 0.2) is 66.7 Å². The molecule has 1 N–H and O–H groups in total. The Balaban J connectivity index is 1.93. The molecule has 0 radical (unpaired) electrons. The lowest BCUT2D eigenvalue weighted by atomic mass is 9.88. The Kier molecular flexibility index (Phi) is 5.52. The molecule has 1 aliphatic rings. The third-order valence-corrected chi connectivity index (χ3v) is 5.81. The van der Waals surface area contributed by atoms with Gasteiger partial charge in [0, 0.05) is 0 Å². The second-order valence-corrected chi connectivity index (χ2v) is 7.68. The molecular formula is C24H22F3NO2. The van der Waals surface area contributed by atoms with Crippen LogP contribution in [0.3, 0.4) is 0 Å². The summed E-state index contributed by atoms with van der Waals surface area (Å²) >= 11 is 0. The van der Waals surface area contributed by atoms with E-state index in [1.165, 1.54) is 6.07 Å². The molecule has 3 aromatic carbocycles. The molecule has 156 valence electrons. The van der Waals surface area contributed by atoms with Crippen molar-refractivity contribution in [1.29, 1.82) is 0 Å². The van der Waals surface area contributed by atoms with Gasteiger partial charge in [0.05, 0.1) is 11.6 Å². The Morgan fingerprint density at radius 2 is 1.73 bits per heavy atom. The van der Waals surface area contributed by atoms with E-state index < -0.39 is 29.8 Å². The third kappa shape index (κ3) is 3.92. The standard InChI is InChI=1S/C24H22F3NO2/c25-24(26,27)18-10-5-9-17(15-18)22(28-14-4-3-13-21(28)23(29)30)20-12-6-8-16-7-1-2-11-19(16)20/h1-2,5-12,15,21-22H,3-4,13-14H2,(H,29,30). The fraction of sp³-hybridized carbons (Fsp3) is 0.292. The predicted octanol–water partition coefficient (Wildman–Crippen LogP) is 5.89. The van der Waals surface area contributed by atoms with Crippen molar-refractivity contribution in [1.82, 2.24) is 4.90 Å². The van der Waals surface area contributed by atoms with Crippen molar-refractivity contribution in [3.05, 3.63) is 83.4 Å². The Labute approximate surface area is 172 Å². The first-order valence-corrected chi connectivity index (χ1v) is 9.99. The van der Waals surface area contributed by atoms with E-state index in [0.29, 0.717) is 18.5 Å². The summed E-state index contributed by atoms with van der Waals surface area (Å²) in [6.45, 7) is 0.515. The van der Waals surface area contributed by atoms with Crippen molar-refractivity contribution in [3.8, 4) is 0 Å². The van der Waals surface area contributed by atoms with E-state index in [9.17, 15) is 23.1 Å². The van der Waals surface area contributed by atoms with Gasteiger partial charge in [-0.2, -0.15) is 13.2 Å². The molecule has 2 unspecified atom stereocenters. The van der Waals surface area contributed by atoms with E-state index in [2.05, 4.69) is 0 Å². The van der Waals surface area contributed by atoms with Gasteiger partial charge in [0.25, 0.3) is 0 Å². The maximum absolute atomic E-state index is 13.4. The van der Waals surface area contributed by atoms with Gasteiger partial charge in [-0.15, -0.1) is 0 Å². The van der Waals surface area contributed by atoms with Crippen LogP contribution in [0.5, 0.6) is 0 Å². The van der Waals surface area contributed by atoms with Gasteiger partial charge in [-0.1, -0.05) is 61.0 Å². The average Bonchev–Trinajstić information content (AvgIpc) is 2.74. The molecule has 4 rings (SSSR count). The quantitative estimate of drug-likeness (QED) is 0.580. The minimum absolute atomic E-state index is 0.453. The number of likely N-dealkylation sites (tertiary alicyclic amines) is 1. The maximum Gasteiger partial charge on any atom is 0.416 e. The second kappa shape index (κ2) is 8.11. The number of benzene rings is 3. The molecule has 0 aromatic heterocycles. The van der Waals surface area contributed by atoms with Crippen LogP contribution in [0, 0.1) is 0 Å². The average molecular weight is 413 g/mol. The van der Waals surface area contributed by atoms with Gasteiger partial charge in [-0.25, -0.2) is 0 Å². The molecule has 1 saturated heterocycles. The minimum atomic E-state index is -4.46. The van der Waals surface area contributed by atoms with Gasteiger partial charge in [0.2, 0.25) is 0 Å². The second-order valence-electron chi connectivity index (χ2n) is 7.68. The van der Waals surface area contributed by atoms with E-state index in [1.807, 2.05) is 47.4 Å². The molecule has 2 atom stereocenters. The third-order valence-electron chi connectivity index (χ3n) is 5.81. The lowest BCUT2D eigenvalue weighted by Crippen LogP contribution is -2.46. The summed E-state index contributed by atoms with van der Waals surface area (Å²) in [6, 6.07) is 17.3. The van der Waals surface area contributed by atoms with Crippen LogP contribution in [-0.4, -0.2) is 28.6 Å². The number of piperidine rings is 1. The highest BCUT2D eigenvalue weighted by Gasteiger charge is 2.37. The van der Waals surface area contributed by atoms with Gasteiger partial charge in [-0.3, -0.25) is 9.69 Å². The van der Waals surface area contributed by atoms with E-state index in [1.54, 1.807) is 6.07 Å². The first kappa shape index (κ1) is 20.4. The van der Waals surface area contributed by atoms with Crippen LogP contribution in [0.2, 0.25) is 0 Å². The number of carbonyl (C=O) groups is 1. The SMILES string of the molecule is O=C(O)C1CCCCN1C(c1cccc(C(F)(F)F)c1)c1cccc2ccccc12. The predicted molar refractivity (Wildman–Crippen MR) is 109 cm³/mol. The van der Waals surface area contributed by atoms with Crippen LogP contribution in [-0.2, 0) is 11.0 Å². The Morgan fingerprint density at radius 3 is 2.50 bits per heavy atom. The molecule has 1 aliphatic heterocycles. The van der Waals surface area contributed by atoms with Crippen molar-refractivity contribution >= 4 is 16.7 Å². The Morgan fingerprint density at radius 1 is 1.00 bits per heavy atom. The first-order valence-electron chi connectivity index (χ1n) is 9.99. The zero-order chi connectivity index (χ0) is 21.3. The number of rotatable bonds is 4. The number of nitrogens with zero attached hydrogens (tertiary/aromatic N) is 1. The molecule has 1 fully saturated rings. The summed E-state index contributed by atoms with van der Waals surface area (Å²) in [5.74, 6) is -0.938. The number of halogens is 3. The maximum atomic E-state index is 13.4. The molecule has 6 heteroatoms. The van der Waals surface area contributed by atoms with Gasteiger partial charge in [-0.05, 0) is 53.4 Å². The highest BCUT2D eigenvalue weighted by molar-refractivity contribution is 5.86. The largest absolute Gasteiger partial charge is 0.480 e. The summed E-state index contributed by atoms with van der Waals surface area (Å²) < 4.78 is 40.3. The van der Waals surface area contributed by atoms with Crippen molar-refractivity contribution < 1.29 is 23.1 Å². The van der Waals surface area contributed by atoms with Crippen LogP contribution in [0.4, 0.5) is 13.2 Å². The summed E-state index contributed by atoms with van der Waals surface area (Å²) in [6.07, 6.45) is -2.38. The summed E-state index contributed by atoms with van der Waals surface area (Å²) in [5, 5.41) is 11.7. The van der Waals surface area contributed by atoms with Crippen molar-refractivity contribution in [2.45, 2.75) is 37.5 Å². The number of hydrogen-bond acceptors (Lipinski definition) is 2. The number of aliphatic carboxylic acids is 1. The van der Waals surface area contributed by atoms with Crippen LogP contribution in [0.1, 0.15) is 42.0 Å². The van der Waals surface area contributed by atoms with Crippen LogP contribution >= 0.6 is 0 Å². The lowest BCUT2D eigenvalue weighted by Gasteiger charge is -2.40. The lowest BCUT2D eigenvalue weighted by molar-refractivity contribution is -0.145. The summed E-state index contributed by atoms with van der Waals surface area (Å²) in [7, 11) is 0. The number of fused-ring (bicyclic) bond motifs is 1. The molecule has 1 heterocycles. The summed E-state index contributed by atoms with van der Waals surface area (Å²) in [4.78, 5) is 13.9. The number of carboxylic acid groups (broad SMARTS) is 1. The molecule has 3 nitrogen and oxygen atoms in total. The van der Waals surface area contributed by atoms with Crippen molar-refractivity contribution in [2.75, 3.05) is 6.54 Å². The zero-order valence-corrected chi connectivity index (χ0v) is 16.3. The van der Waals surface area contributed by atoms with E-state index in [-0.39, 0.29) is 0 Å². The molecular weight excluding hydrogens is 391 g/mol. The Hall–Kier alpha value is -2.86. The van der Waals surface area contributed by atoms with Crippen LogP contribution < -0.4 is 0 Å². The van der Waals surface area contributed by atoms with E-state index in [4.69, 9.17) is 0 Å². The van der Waals surface area contributed by atoms with Gasteiger partial charge >= 0.3 is 12.1 Å². The minimum Gasteiger partial charge on any atom is -0.480 e. The fourth-order valence-electron chi connectivity index (χ4n) is 4.45. The molecule has 0 spiro atoms. The van der Waals surface area contributed by atoms with E-state index >= 15 is 0 Å². The monoisotopic (exact) mass is 413 g/mol. The number of alkyl halides is 3. The smallest absolute Gasteiger partial charge is 0.416 e. The van der Waals surface area contributed by atoms with Gasteiger partial charge in [0.1, 0.15) is 6.04 Å².